The van der Waals surface area contributed by atoms with Gasteiger partial charge in [-0.15, -0.1) is 0 Å². The maximum Gasteiger partial charge on any atom is 0.300 e. The first-order chi connectivity index (χ1) is 17.5. The molecule has 4 rings (SSSR count). The van der Waals surface area contributed by atoms with Crippen LogP contribution in [0.15, 0.2) is 66.2 Å². The lowest BCUT2D eigenvalue weighted by Gasteiger charge is -2.27. The molecule has 0 radical (unpaired) electrons. The maximum atomic E-state index is 13.5. The number of rotatable bonds is 5. The Morgan fingerprint density at radius 3 is 2.05 bits per heavy atom. The Balaban J connectivity index is 1.96. The molecule has 6 nitrogen and oxygen atoms in total. The highest BCUT2D eigenvalue weighted by atomic mass is 16.5. The van der Waals surface area contributed by atoms with Crippen LogP contribution in [0.4, 0.5) is 5.69 Å². The summed E-state index contributed by atoms with van der Waals surface area (Å²) in [6.45, 7) is 10.1. The van der Waals surface area contributed by atoms with Gasteiger partial charge in [0, 0.05) is 5.69 Å². The van der Waals surface area contributed by atoms with Gasteiger partial charge in [0.05, 0.1) is 31.4 Å². The standard InChI is InChI=1S/C31H33NO5/c1-18-16-19(2)29(37-7)24(17-18)27(33)25-26(20-8-14-23(36-6)15-9-20)32(30(35)28(25)34)22-12-10-21(11-13-22)31(3,4)5/h8-17,26,33H,1-7H3/b27-25+. The van der Waals surface area contributed by atoms with E-state index in [1.807, 2.05) is 44.2 Å². The van der Waals surface area contributed by atoms with E-state index >= 15 is 0 Å². The van der Waals surface area contributed by atoms with E-state index in [1.54, 1.807) is 37.4 Å². The Morgan fingerprint density at radius 2 is 1.51 bits per heavy atom. The van der Waals surface area contributed by atoms with Crippen LogP contribution in [0.2, 0.25) is 0 Å². The van der Waals surface area contributed by atoms with Gasteiger partial charge in [0.15, 0.2) is 0 Å². The summed E-state index contributed by atoms with van der Waals surface area (Å²) in [5.74, 6) is -0.617. The third kappa shape index (κ3) is 4.71. The number of ketones is 1. The first kappa shape index (κ1) is 26.0. The number of carbonyl (C=O) groups excluding carboxylic acids is 2. The van der Waals surface area contributed by atoms with E-state index in [1.165, 1.54) is 12.0 Å². The van der Waals surface area contributed by atoms with E-state index in [0.29, 0.717) is 28.3 Å². The molecule has 1 saturated heterocycles. The SMILES string of the molecule is COc1ccc(C2/C(=C(\O)c3cc(C)cc(C)c3OC)C(=O)C(=O)N2c2ccc(C(C)(C)C)cc2)cc1. The fourth-order valence-corrected chi connectivity index (χ4v) is 4.87. The monoisotopic (exact) mass is 499 g/mol. The molecule has 1 aliphatic rings. The van der Waals surface area contributed by atoms with Crippen molar-refractivity contribution in [1.29, 1.82) is 0 Å². The van der Waals surface area contributed by atoms with E-state index in [2.05, 4.69) is 20.8 Å². The zero-order chi connectivity index (χ0) is 27.1. The van der Waals surface area contributed by atoms with E-state index in [0.717, 1.165) is 16.7 Å². The molecule has 3 aromatic carbocycles. The van der Waals surface area contributed by atoms with Crippen molar-refractivity contribution in [2.24, 2.45) is 0 Å². The molecule has 192 valence electrons. The first-order valence-electron chi connectivity index (χ1n) is 12.2. The van der Waals surface area contributed by atoms with Crippen LogP contribution in [0, 0.1) is 13.8 Å². The zero-order valence-electron chi connectivity index (χ0n) is 22.4. The second-order valence-corrected chi connectivity index (χ2v) is 10.4. The van der Waals surface area contributed by atoms with E-state index in [9.17, 15) is 14.7 Å². The molecular formula is C31H33NO5. The fourth-order valence-electron chi connectivity index (χ4n) is 4.87. The van der Waals surface area contributed by atoms with Crippen molar-refractivity contribution in [3.05, 3.63) is 94.1 Å². The molecule has 1 N–H and O–H groups in total. The summed E-state index contributed by atoms with van der Waals surface area (Å²) in [5, 5.41) is 11.6. The molecule has 0 aliphatic carbocycles. The predicted molar refractivity (Wildman–Crippen MR) is 145 cm³/mol. The molecule has 1 atom stereocenters. The van der Waals surface area contributed by atoms with Crippen LogP contribution in [0.3, 0.4) is 0 Å². The lowest BCUT2D eigenvalue weighted by atomic mass is 9.87. The van der Waals surface area contributed by atoms with Crippen LogP contribution < -0.4 is 14.4 Å². The minimum atomic E-state index is -0.836. The van der Waals surface area contributed by atoms with Gasteiger partial charge in [-0.05, 0) is 71.8 Å². The number of hydrogen-bond acceptors (Lipinski definition) is 5. The highest BCUT2D eigenvalue weighted by Crippen LogP contribution is 2.44. The number of benzene rings is 3. The molecule has 0 bridgehead atoms. The Labute approximate surface area is 218 Å². The van der Waals surface area contributed by atoms with Gasteiger partial charge in [-0.25, -0.2) is 0 Å². The molecule has 0 aromatic heterocycles. The molecule has 0 spiro atoms. The number of ether oxygens (including phenoxy) is 2. The summed E-state index contributed by atoms with van der Waals surface area (Å²) >= 11 is 0. The third-order valence-electron chi connectivity index (χ3n) is 6.77. The summed E-state index contributed by atoms with van der Waals surface area (Å²) in [6, 6.07) is 17.6. The molecule has 1 heterocycles. The average Bonchev–Trinajstić information content (AvgIpc) is 3.13. The molecule has 3 aromatic rings. The Bertz CT molecular complexity index is 1380. The molecule has 37 heavy (non-hydrogen) atoms. The maximum absolute atomic E-state index is 13.5. The summed E-state index contributed by atoms with van der Waals surface area (Å²) in [6.07, 6.45) is 0. The van der Waals surface area contributed by atoms with Gasteiger partial charge in [0.25, 0.3) is 11.7 Å². The van der Waals surface area contributed by atoms with Crippen LogP contribution in [0.1, 0.15) is 54.6 Å². The minimum Gasteiger partial charge on any atom is -0.507 e. The molecule has 0 saturated carbocycles. The number of nitrogens with zero attached hydrogens (tertiary/aromatic N) is 1. The highest BCUT2D eigenvalue weighted by molar-refractivity contribution is 6.51. The van der Waals surface area contributed by atoms with E-state index in [4.69, 9.17) is 9.47 Å². The second kappa shape index (κ2) is 9.77. The van der Waals surface area contributed by atoms with Crippen LogP contribution in [0.5, 0.6) is 11.5 Å². The summed E-state index contributed by atoms with van der Waals surface area (Å²) in [7, 11) is 3.09. The Kier molecular flexibility index (Phi) is 6.87. The van der Waals surface area contributed by atoms with Gasteiger partial charge in [-0.2, -0.15) is 0 Å². The molecule has 1 aliphatic heterocycles. The van der Waals surface area contributed by atoms with Crippen molar-refractivity contribution >= 4 is 23.1 Å². The number of Topliss-reactive ketones (excluding diaryl/α,β-unsaturated/α-hetero) is 1. The summed E-state index contributed by atoms with van der Waals surface area (Å²) < 4.78 is 10.9. The number of aryl methyl sites for hydroxylation is 2. The topological polar surface area (TPSA) is 76.1 Å². The van der Waals surface area contributed by atoms with Crippen molar-refractivity contribution < 1.29 is 24.2 Å². The number of carbonyl (C=O) groups is 2. The molecule has 1 amide bonds. The van der Waals surface area contributed by atoms with Gasteiger partial charge in [0.2, 0.25) is 0 Å². The largest absolute Gasteiger partial charge is 0.507 e. The van der Waals surface area contributed by atoms with Crippen LogP contribution in [-0.2, 0) is 15.0 Å². The smallest absolute Gasteiger partial charge is 0.300 e. The highest BCUT2D eigenvalue weighted by Gasteiger charge is 2.47. The number of hydrogen-bond donors (Lipinski definition) is 1. The number of aliphatic hydroxyl groups excluding tert-OH is 1. The second-order valence-electron chi connectivity index (χ2n) is 10.4. The van der Waals surface area contributed by atoms with Crippen LogP contribution in [0.25, 0.3) is 5.76 Å². The lowest BCUT2D eigenvalue weighted by molar-refractivity contribution is -0.132. The fraction of sp³-hybridized carbons (Fsp3) is 0.290. The van der Waals surface area contributed by atoms with Crippen molar-refractivity contribution in [2.75, 3.05) is 19.1 Å². The van der Waals surface area contributed by atoms with Gasteiger partial charge < -0.3 is 14.6 Å². The number of anilines is 1. The Hall–Kier alpha value is -4.06. The summed E-state index contributed by atoms with van der Waals surface area (Å²) in [5.41, 5.74) is 4.38. The molecule has 1 unspecified atom stereocenters. The number of amides is 1. The number of methoxy groups -OCH3 is 2. The van der Waals surface area contributed by atoms with Gasteiger partial charge in [0.1, 0.15) is 17.3 Å². The Morgan fingerprint density at radius 1 is 0.892 bits per heavy atom. The van der Waals surface area contributed by atoms with E-state index < -0.39 is 17.7 Å². The quantitative estimate of drug-likeness (QED) is 0.255. The predicted octanol–water partition coefficient (Wildman–Crippen LogP) is 6.24. The van der Waals surface area contributed by atoms with Crippen molar-refractivity contribution in [1.82, 2.24) is 0 Å². The first-order valence-corrected chi connectivity index (χ1v) is 12.2. The van der Waals surface area contributed by atoms with Crippen molar-refractivity contribution in [2.45, 2.75) is 46.1 Å². The number of aliphatic hydroxyl groups is 1. The third-order valence-corrected chi connectivity index (χ3v) is 6.77. The summed E-state index contributed by atoms with van der Waals surface area (Å²) in [4.78, 5) is 28.5. The van der Waals surface area contributed by atoms with Gasteiger partial charge in [-0.1, -0.05) is 51.1 Å². The average molecular weight is 500 g/mol. The normalized spacial score (nSPS) is 17.3. The van der Waals surface area contributed by atoms with Crippen LogP contribution in [-0.4, -0.2) is 31.0 Å². The van der Waals surface area contributed by atoms with Gasteiger partial charge >= 0.3 is 0 Å². The van der Waals surface area contributed by atoms with E-state index in [-0.39, 0.29) is 16.7 Å². The molecular weight excluding hydrogens is 466 g/mol. The lowest BCUT2D eigenvalue weighted by Crippen LogP contribution is -2.29. The van der Waals surface area contributed by atoms with Crippen molar-refractivity contribution in [3.8, 4) is 11.5 Å². The molecule has 6 heteroatoms. The van der Waals surface area contributed by atoms with Crippen LogP contribution >= 0.6 is 0 Å². The zero-order valence-corrected chi connectivity index (χ0v) is 22.4. The van der Waals surface area contributed by atoms with Crippen molar-refractivity contribution in [3.63, 3.8) is 0 Å². The minimum absolute atomic E-state index is 0.0124. The van der Waals surface area contributed by atoms with Gasteiger partial charge in [-0.3, -0.25) is 14.5 Å². The molecule has 1 fully saturated rings.